The van der Waals surface area contributed by atoms with Crippen LogP contribution in [-0.2, 0) is 19.7 Å². The first-order chi connectivity index (χ1) is 9.45. The van der Waals surface area contributed by atoms with Gasteiger partial charge in [0, 0.05) is 4.83 Å². The fraction of sp³-hybridized carbons (Fsp3) is 0.467. The molecule has 0 aliphatic heterocycles. The smallest absolute Gasteiger partial charge is 0.338 e. The Morgan fingerprint density at radius 2 is 1.85 bits per heavy atom. The number of hydrogen-bond acceptors (Lipinski definition) is 4. The minimum Gasteiger partial charge on any atom is -0.468 e. The van der Waals surface area contributed by atoms with Crippen LogP contribution in [0, 0.1) is 0 Å². The molecule has 5 heteroatoms. The van der Waals surface area contributed by atoms with Crippen LogP contribution in [-0.4, -0.2) is 31.0 Å². The second-order valence-electron chi connectivity index (χ2n) is 4.47. The van der Waals surface area contributed by atoms with Crippen LogP contribution < -0.4 is 0 Å². The Hall–Kier alpha value is -1.36. The maximum absolute atomic E-state index is 12.4. The number of benzene rings is 1. The van der Waals surface area contributed by atoms with Gasteiger partial charge in [0.05, 0.1) is 19.8 Å². The zero-order valence-electron chi connectivity index (χ0n) is 12.1. The molecule has 1 aromatic rings. The average molecular weight is 343 g/mol. The Morgan fingerprint density at radius 3 is 2.30 bits per heavy atom. The van der Waals surface area contributed by atoms with Gasteiger partial charge < -0.3 is 9.47 Å². The summed E-state index contributed by atoms with van der Waals surface area (Å²) < 4.78 is 9.77. The SMILES string of the molecule is CCC(C(=O)OC)(c1ccccc1C(=O)OC)C(C)Br. The van der Waals surface area contributed by atoms with Gasteiger partial charge >= 0.3 is 11.9 Å². The molecular formula is C15H19BrO4. The standard InChI is InChI=1S/C15H19BrO4/c1-5-15(10(2)16,14(18)20-4)12-9-7-6-8-11(12)13(17)19-3/h6-10H,5H2,1-4H3. The summed E-state index contributed by atoms with van der Waals surface area (Å²) in [5.41, 5.74) is 0.0682. The molecule has 0 amide bonds. The van der Waals surface area contributed by atoms with E-state index in [2.05, 4.69) is 15.9 Å². The van der Waals surface area contributed by atoms with Crippen LogP contribution >= 0.6 is 15.9 Å². The van der Waals surface area contributed by atoms with Crippen LogP contribution in [0.1, 0.15) is 36.2 Å². The summed E-state index contributed by atoms with van der Waals surface area (Å²) in [4.78, 5) is 24.1. The van der Waals surface area contributed by atoms with Gasteiger partial charge in [-0.1, -0.05) is 48.0 Å². The van der Waals surface area contributed by atoms with E-state index in [4.69, 9.17) is 9.47 Å². The molecule has 2 unspecified atom stereocenters. The third-order valence-electron chi connectivity index (χ3n) is 3.60. The van der Waals surface area contributed by atoms with Crippen molar-refractivity contribution in [1.29, 1.82) is 0 Å². The van der Waals surface area contributed by atoms with E-state index in [-0.39, 0.29) is 10.8 Å². The molecule has 0 bridgehead atoms. The van der Waals surface area contributed by atoms with E-state index in [0.29, 0.717) is 17.5 Å². The molecule has 0 aromatic heterocycles. The highest BCUT2D eigenvalue weighted by Crippen LogP contribution is 2.39. The predicted molar refractivity (Wildman–Crippen MR) is 80.2 cm³/mol. The molecule has 20 heavy (non-hydrogen) atoms. The first-order valence-electron chi connectivity index (χ1n) is 6.36. The van der Waals surface area contributed by atoms with Crippen LogP contribution in [0.15, 0.2) is 24.3 Å². The number of hydrogen-bond donors (Lipinski definition) is 0. The number of halogens is 1. The van der Waals surface area contributed by atoms with Crippen LogP contribution in [0.25, 0.3) is 0 Å². The van der Waals surface area contributed by atoms with E-state index < -0.39 is 11.4 Å². The lowest BCUT2D eigenvalue weighted by molar-refractivity contribution is -0.147. The van der Waals surface area contributed by atoms with Crippen LogP contribution in [0.5, 0.6) is 0 Å². The van der Waals surface area contributed by atoms with Crippen molar-refractivity contribution in [2.24, 2.45) is 0 Å². The molecule has 1 aromatic carbocycles. The Morgan fingerprint density at radius 1 is 1.25 bits per heavy atom. The maximum Gasteiger partial charge on any atom is 0.338 e. The monoisotopic (exact) mass is 342 g/mol. The van der Waals surface area contributed by atoms with Gasteiger partial charge in [-0.05, 0) is 18.1 Å². The molecule has 4 nitrogen and oxygen atoms in total. The molecule has 1 rings (SSSR count). The summed E-state index contributed by atoms with van der Waals surface area (Å²) in [5.74, 6) is -0.837. The third-order valence-corrected chi connectivity index (χ3v) is 4.38. The molecule has 2 atom stereocenters. The van der Waals surface area contributed by atoms with E-state index in [9.17, 15) is 9.59 Å². The van der Waals surface area contributed by atoms with Gasteiger partial charge in [0.25, 0.3) is 0 Å². The lowest BCUT2D eigenvalue weighted by Crippen LogP contribution is -2.44. The largest absolute Gasteiger partial charge is 0.468 e. The van der Waals surface area contributed by atoms with Gasteiger partial charge in [-0.2, -0.15) is 0 Å². The summed E-state index contributed by atoms with van der Waals surface area (Å²) in [7, 11) is 2.67. The first kappa shape index (κ1) is 16.7. The van der Waals surface area contributed by atoms with Crippen molar-refractivity contribution < 1.29 is 19.1 Å². The van der Waals surface area contributed by atoms with Crippen LogP contribution in [0.4, 0.5) is 0 Å². The molecule has 0 spiro atoms. The minimum atomic E-state index is -0.931. The van der Waals surface area contributed by atoms with Crippen molar-refractivity contribution >= 4 is 27.9 Å². The fourth-order valence-electron chi connectivity index (χ4n) is 2.44. The zero-order valence-corrected chi connectivity index (χ0v) is 13.7. The number of carbonyl (C=O) groups excluding carboxylic acids is 2. The number of carbonyl (C=O) groups is 2. The summed E-state index contributed by atoms with van der Waals surface area (Å²) in [5, 5.41) is 0. The lowest BCUT2D eigenvalue weighted by atomic mass is 9.73. The Kier molecular flexibility index (Phi) is 5.74. The van der Waals surface area contributed by atoms with Gasteiger partial charge in [0.2, 0.25) is 0 Å². The number of esters is 2. The van der Waals surface area contributed by atoms with Gasteiger partial charge in [0.15, 0.2) is 0 Å². The summed E-state index contributed by atoms with van der Waals surface area (Å²) in [6, 6.07) is 6.96. The number of methoxy groups -OCH3 is 2. The number of rotatable bonds is 5. The molecule has 0 radical (unpaired) electrons. The van der Waals surface area contributed by atoms with Crippen molar-refractivity contribution in [3.63, 3.8) is 0 Å². The Bertz CT molecular complexity index is 498. The summed E-state index contributed by atoms with van der Waals surface area (Å²) in [6.45, 7) is 3.76. The maximum atomic E-state index is 12.4. The highest BCUT2D eigenvalue weighted by Gasteiger charge is 2.46. The zero-order chi connectivity index (χ0) is 15.3. The van der Waals surface area contributed by atoms with Crippen molar-refractivity contribution in [3.8, 4) is 0 Å². The Labute approximate surface area is 127 Å². The second kappa shape index (κ2) is 6.88. The normalized spacial score (nSPS) is 15.1. The first-order valence-corrected chi connectivity index (χ1v) is 7.27. The van der Waals surface area contributed by atoms with Crippen molar-refractivity contribution in [2.75, 3.05) is 14.2 Å². The molecular weight excluding hydrogens is 324 g/mol. The van der Waals surface area contributed by atoms with Crippen molar-refractivity contribution in [1.82, 2.24) is 0 Å². The van der Waals surface area contributed by atoms with Crippen LogP contribution in [0.2, 0.25) is 0 Å². The number of ether oxygens (including phenoxy) is 2. The van der Waals surface area contributed by atoms with Crippen molar-refractivity contribution in [3.05, 3.63) is 35.4 Å². The van der Waals surface area contributed by atoms with Crippen LogP contribution in [0.3, 0.4) is 0 Å². The minimum absolute atomic E-state index is 0.196. The third kappa shape index (κ3) is 2.73. The molecule has 110 valence electrons. The van der Waals surface area contributed by atoms with E-state index in [1.807, 2.05) is 13.8 Å². The fourth-order valence-corrected chi connectivity index (χ4v) is 3.20. The van der Waals surface area contributed by atoms with Gasteiger partial charge in [-0.25, -0.2) is 4.79 Å². The van der Waals surface area contributed by atoms with Gasteiger partial charge in [-0.3, -0.25) is 4.79 Å². The second-order valence-corrected chi connectivity index (χ2v) is 5.84. The highest BCUT2D eigenvalue weighted by atomic mass is 79.9. The van der Waals surface area contributed by atoms with E-state index in [1.54, 1.807) is 24.3 Å². The van der Waals surface area contributed by atoms with Gasteiger partial charge in [-0.15, -0.1) is 0 Å². The molecule has 0 heterocycles. The summed E-state index contributed by atoms with van der Waals surface area (Å²) >= 11 is 3.49. The quantitative estimate of drug-likeness (QED) is 0.609. The molecule has 0 N–H and O–H groups in total. The predicted octanol–water partition coefficient (Wildman–Crippen LogP) is 3.08. The average Bonchev–Trinajstić information content (AvgIpc) is 2.47. The summed E-state index contributed by atoms with van der Waals surface area (Å²) in [6.07, 6.45) is 0.500. The topological polar surface area (TPSA) is 52.6 Å². The molecule has 0 aliphatic carbocycles. The van der Waals surface area contributed by atoms with Crippen molar-refractivity contribution in [2.45, 2.75) is 30.5 Å². The van der Waals surface area contributed by atoms with Gasteiger partial charge in [0.1, 0.15) is 5.41 Å². The lowest BCUT2D eigenvalue weighted by Gasteiger charge is -2.34. The van der Waals surface area contributed by atoms with E-state index in [0.717, 1.165) is 0 Å². The molecule has 0 fully saturated rings. The molecule has 0 aliphatic rings. The number of alkyl halides is 1. The highest BCUT2D eigenvalue weighted by molar-refractivity contribution is 9.09. The Balaban J connectivity index is 3.58. The van der Waals surface area contributed by atoms with E-state index >= 15 is 0 Å². The van der Waals surface area contributed by atoms with E-state index in [1.165, 1.54) is 14.2 Å². The molecule has 0 saturated carbocycles. The molecule has 0 saturated heterocycles.